The number of aryl methyl sites for hydroxylation is 1. The molecule has 0 saturated heterocycles. The molecule has 1 amide bonds. The molecule has 0 spiro atoms. The van der Waals surface area contributed by atoms with Gasteiger partial charge in [-0.05, 0) is 25.1 Å². The van der Waals surface area contributed by atoms with Crippen LogP contribution in [-0.2, 0) is 25.1 Å². The van der Waals surface area contributed by atoms with Gasteiger partial charge in [0.1, 0.15) is 0 Å². The molecular weight excluding hydrogens is 404 g/mol. The lowest BCUT2D eigenvalue weighted by molar-refractivity contribution is -0.119. The van der Waals surface area contributed by atoms with Gasteiger partial charge in [-0.15, -0.1) is 11.3 Å². The fraction of sp³-hybridized carbons (Fsp3) is 0.167. The minimum atomic E-state index is -3.66. The van der Waals surface area contributed by atoms with Crippen molar-refractivity contribution in [3.63, 3.8) is 0 Å². The molecule has 0 fully saturated rings. The van der Waals surface area contributed by atoms with Crippen molar-refractivity contribution in [1.29, 1.82) is 0 Å². The zero-order valence-electron chi connectivity index (χ0n) is 14.7. The van der Waals surface area contributed by atoms with Crippen LogP contribution in [0, 0.1) is 6.92 Å². The van der Waals surface area contributed by atoms with Gasteiger partial charge in [0.2, 0.25) is 5.76 Å². The smallest absolute Gasteiger partial charge is 0.375 e. The van der Waals surface area contributed by atoms with E-state index in [-0.39, 0.29) is 16.2 Å². The lowest BCUT2D eigenvalue weighted by Gasteiger charge is -2.06. The van der Waals surface area contributed by atoms with Crippen molar-refractivity contribution in [3.05, 3.63) is 65.1 Å². The van der Waals surface area contributed by atoms with Gasteiger partial charge in [-0.3, -0.25) is 10.1 Å². The predicted molar refractivity (Wildman–Crippen MR) is 102 cm³/mol. The Balaban J connectivity index is 1.62. The summed E-state index contributed by atoms with van der Waals surface area (Å²) in [5.74, 6) is -2.17. The summed E-state index contributed by atoms with van der Waals surface area (Å²) in [6.07, 6.45) is 1.20. The van der Waals surface area contributed by atoms with Gasteiger partial charge < -0.3 is 9.15 Å². The fourth-order valence-corrected chi connectivity index (χ4v) is 4.39. The number of hydrogen-bond acceptors (Lipinski definition) is 8. The first kappa shape index (κ1) is 19.8. The molecule has 0 aliphatic rings. The van der Waals surface area contributed by atoms with Crippen LogP contribution in [0.3, 0.4) is 0 Å². The number of aromatic nitrogens is 1. The van der Waals surface area contributed by atoms with E-state index >= 15 is 0 Å². The van der Waals surface area contributed by atoms with Crippen LogP contribution in [0.2, 0.25) is 0 Å². The van der Waals surface area contributed by atoms with Gasteiger partial charge in [0.15, 0.2) is 21.6 Å². The highest BCUT2D eigenvalue weighted by Gasteiger charge is 2.24. The van der Waals surface area contributed by atoms with E-state index in [1.54, 1.807) is 30.5 Å². The van der Waals surface area contributed by atoms with E-state index in [0.29, 0.717) is 5.13 Å². The highest BCUT2D eigenvalue weighted by atomic mass is 32.2. The van der Waals surface area contributed by atoms with Crippen LogP contribution >= 0.6 is 11.3 Å². The minimum absolute atomic E-state index is 0.133. The van der Waals surface area contributed by atoms with Gasteiger partial charge in [0.25, 0.3) is 5.91 Å². The van der Waals surface area contributed by atoms with Gasteiger partial charge >= 0.3 is 5.97 Å². The third-order valence-electron chi connectivity index (χ3n) is 3.58. The number of benzene rings is 1. The first-order chi connectivity index (χ1) is 13.3. The Labute approximate surface area is 165 Å². The molecule has 1 aromatic carbocycles. The number of carbonyl (C=O) groups is 2. The van der Waals surface area contributed by atoms with Crippen molar-refractivity contribution in [2.24, 2.45) is 0 Å². The van der Waals surface area contributed by atoms with Crippen molar-refractivity contribution in [1.82, 2.24) is 4.98 Å². The number of anilines is 1. The summed E-state index contributed by atoms with van der Waals surface area (Å²) in [4.78, 5) is 28.3. The Morgan fingerprint density at radius 2 is 1.96 bits per heavy atom. The maximum atomic E-state index is 12.5. The van der Waals surface area contributed by atoms with Crippen molar-refractivity contribution < 1.29 is 27.2 Å². The molecule has 0 radical (unpaired) electrons. The van der Waals surface area contributed by atoms with Gasteiger partial charge in [0.05, 0.1) is 22.6 Å². The van der Waals surface area contributed by atoms with Gasteiger partial charge in [-0.25, -0.2) is 18.2 Å². The van der Waals surface area contributed by atoms with Crippen LogP contribution in [0.5, 0.6) is 0 Å². The number of sulfone groups is 1. The van der Waals surface area contributed by atoms with E-state index in [4.69, 9.17) is 9.15 Å². The summed E-state index contributed by atoms with van der Waals surface area (Å²) < 4.78 is 35.0. The van der Waals surface area contributed by atoms with Gasteiger partial charge in [0, 0.05) is 10.9 Å². The second kappa shape index (κ2) is 8.36. The number of nitrogens with zero attached hydrogens (tertiary/aromatic N) is 1. The Morgan fingerprint density at radius 3 is 2.64 bits per heavy atom. The Morgan fingerprint density at radius 1 is 1.21 bits per heavy atom. The number of ether oxygens (including phenoxy) is 1. The molecule has 0 unspecified atom stereocenters. The Bertz CT molecular complexity index is 1090. The first-order valence-corrected chi connectivity index (χ1v) is 10.6. The molecule has 2 aromatic heterocycles. The fourth-order valence-electron chi connectivity index (χ4n) is 2.31. The predicted octanol–water partition coefficient (Wildman–Crippen LogP) is 2.81. The molecule has 10 heteroatoms. The maximum absolute atomic E-state index is 12.5. The number of amides is 1. The molecule has 3 aromatic rings. The van der Waals surface area contributed by atoms with Crippen molar-refractivity contribution >= 4 is 38.2 Å². The molecule has 0 saturated carbocycles. The maximum Gasteiger partial charge on any atom is 0.375 e. The Hall–Kier alpha value is -2.98. The Kier molecular flexibility index (Phi) is 5.90. The second-order valence-electron chi connectivity index (χ2n) is 5.77. The first-order valence-electron chi connectivity index (χ1n) is 8.08. The average Bonchev–Trinajstić information content (AvgIpc) is 3.29. The molecule has 2 heterocycles. The number of nitrogens with one attached hydrogen (secondary N) is 1. The minimum Gasteiger partial charge on any atom is -0.457 e. The molecule has 0 aliphatic heterocycles. The highest BCUT2D eigenvalue weighted by molar-refractivity contribution is 7.90. The molecule has 0 aliphatic carbocycles. The highest BCUT2D eigenvalue weighted by Crippen LogP contribution is 2.20. The lowest BCUT2D eigenvalue weighted by atomic mass is 10.3. The van der Waals surface area contributed by atoms with Crippen LogP contribution in [0.25, 0.3) is 0 Å². The quantitative estimate of drug-likeness (QED) is 0.584. The number of thiazole rings is 1. The second-order valence-corrected chi connectivity index (χ2v) is 8.61. The van der Waals surface area contributed by atoms with Crippen LogP contribution in [-0.4, -0.2) is 31.9 Å². The van der Waals surface area contributed by atoms with E-state index in [1.165, 1.54) is 35.8 Å². The number of hydrogen-bond donors (Lipinski definition) is 1. The van der Waals surface area contributed by atoms with Crippen LogP contribution in [0.1, 0.15) is 21.8 Å². The number of esters is 1. The van der Waals surface area contributed by atoms with Gasteiger partial charge in [-0.2, -0.15) is 0 Å². The number of carbonyl (C=O) groups excluding carboxylic acids is 2. The molecular formula is C18H16N2O6S2. The van der Waals surface area contributed by atoms with Crippen LogP contribution < -0.4 is 5.32 Å². The van der Waals surface area contributed by atoms with Gasteiger partial charge in [-0.1, -0.05) is 18.2 Å². The lowest BCUT2D eigenvalue weighted by Crippen LogP contribution is -2.21. The van der Waals surface area contributed by atoms with E-state index in [9.17, 15) is 18.0 Å². The molecule has 146 valence electrons. The topological polar surface area (TPSA) is 116 Å². The van der Waals surface area contributed by atoms with E-state index < -0.39 is 34.1 Å². The van der Waals surface area contributed by atoms with Crippen molar-refractivity contribution in [3.8, 4) is 0 Å². The SMILES string of the molecule is Cc1csc(NC(=O)COC(=O)c2occc2CS(=O)(=O)c2ccccc2)n1. The van der Waals surface area contributed by atoms with E-state index in [1.807, 2.05) is 0 Å². The van der Waals surface area contributed by atoms with Crippen LogP contribution in [0.15, 0.2) is 57.4 Å². The molecule has 0 atom stereocenters. The third kappa shape index (κ3) is 4.84. The summed E-state index contributed by atoms with van der Waals surface area (Å²) in [6, 6.07) is 9.25. The molecule has 0 bridgehead atoms. The van der Waals surface area contributed by atoms with E-state index in [2.05, 4.69) is 10.3 Å². The number of rotatable bonds is 7. The zero-order chi connectivity index (χ0) is 20.1. The zero-order valence-corrected chi connectivity index (χ0v) is 16.4. The number of furan rings is 1. The monoisotopic (exact) mass is 420 g/mol. The van der Waals surface area contributed by atoms with Crippen LogP contribution in [0.4, 0.5) is 5.13 Å². The molecule has 8 nitrogen and oxygen atoms in total. The summed E-state index contributed by atoms with van der Waals surface area (Å²) in [6.45, 7) is 1.23. The third-order valence-corrected chi connectivity index (χ3v) is 6.14. The normalized spacial score (nSPS) is 11.2. The molecule has 3 rings (SSSR count). The average molecular weight is 420 g/mol. The van der Waals surface area contributed by atoms with Crippen molar-refractivity contribution in [2.75, 3.05) is 11.9 Å². The molecule has 1 N–H and O–H groups in total. The summed E-state index contributed by atoms with van der Waals surface area (Å²) in [5, 5.41) is 4.66. The molecule has 28 heavy (non-hydrogen) atoms. The summed E-state index contributed by atoms with van der Waals surface area (Å²) in [5.41, 5.74) is 0.918. The standard InChI is InChI=1S/C18H16N2O6S2/c1-12-10-27-18(19-12)20-15(21)9-26-17(22)16-13(7-8-25-16)11-28(23,24)14-5-3-2-4-6-14/h2-8,10H,9,11H2,1H3,(H,19,20,21). The van der Waals surface area contributed by atoms with E-state index in [0.717, 1.165) is 5.69 Å². The summed E-state index contributed by atoms with van der Waals surface area (Å²) in [7, 11) is -3.66. The summed E-state index contributed by atoms with van der Waals surface area (Å²) >= 11 is 1.25. The van der Waals surface area contributed by atoms with Crippen molar-refractivity contribution in [2.45, 2.75) is 17.6 Å². The largest absolute Gasteiger partial charge is 0.457 e.